The zero-order chi connectivity index (χ0) is 23.8. The van der Waals surface area contributed by atoms with Gasteiger partial charge in [-0.05, 0) is 60.5 Å². The Hall–Kier alpha value is -3.53. The van der Waals surface area contributed by atoms with Crippen LogP contribution in [0.3, 0.4) is 0 Å². The van der Waals surface area contributed by atoms with Gasteiger partial charge < -0.3 is 10.1 Å². The van der Waals surface area contributed by atoms with Gasteiger partial charge in [0.05, 0.1) is 28.8 Å². The zero-order valence-electron chi connectivity index (χ0n) is 17.4. The number of alkyl halides is 3. The number of ether oxygens (including phenoxy) is 1. The van der Waals surface area contributed by atoms with Gasteiger partial charge in [-0.15, -0.1) is 0 Å². The average molecular weight is 476 g/mol. The van der Waals surface area contributed by atoms with Crippen molar-refractivity contribution in [2.24, 2.45) is 0 Å². The van der Waals surface area contributed by atoms with Crippen LogP contribution >= 0.6 is 0 Å². The fraction of sp³-hybridized carbons (Fsp3) is 0.174. The molecule has 0 unspecified atom stereocenters. The predicted molar refractivity (Wildman–Crippen MR) is 117 cm³/mol. The number of rotatable bonds is 5. The first-order valence-electron chi connectivity index (χ1n) is 9.88. The molecule has 0 aromatic heterocycles. The molecule has 33 heavy (non-hydrogen) atoms. The van der Waals surface area contributed by atoms with Crippen LogP contribution in [0.25, 0.3) is 0 Å². The molecular weight excluding hydrogens is 457 g/mol. The van der Waals surface area contributed by atoms with Crippen LogP contribution < -0.4 is 14.4 Å². The number of nitrogens with zero attached hydrogens (tertiary/aromatic N) is 1. The van der Waals surface area contributed by atoms with Crippen molar-refractivity contribution in [3.63, 3.8) is 0 Å². The van der Waals surface area contributed by atoms with E-state index in [0.29, 0.717) is 12.1 Å². The molecule has 10 heteroatoms. The second kappa shape index (κ2) is 8.43. The minimum Gasteiger partial charge on any atom is -0.496 e. The maximum absolute atomic E-state index is 13.3. The number of amides is 1. The molecule has 3 aromatic rings. The summed E-state index contributed by atoms with van der Waals surface area (Å²) in [6, 6.07) is 15.0. The fourth-order valence-electron chi connectivity index (χ4n) is 3.65. The maximum Gasteiger partial charge on any atom is 0.416 e. The topological polar surface area (TPSA) is 75.7 Å². The number of anilines is 2. The number of hydrogen-bond donors (Lipinski definition) is 1. The molecule has 1 aliphatic heterocycles. The zero-order valence-corrected chi connectivity index (χ0v) is 18.2. The molecule has 1 aliphatic rings. The van der Waals surface area contributed by atoms with Gasteiger partial charge in [0.25, 0.3) is 15.9 Å². The van der Waals surface area contributed by atoms with Gasteiger partial charge in [0.15, 0.2) is 0 Å². The lowest BCUT2D eigenvalue weighted by atomic mass is 10.1. The number of nitrogens with one attached hydrogen (secondary N) is 1. The highest BCUT2D eigenvalue weighted by molar-refractivity contribution is 7.92. The van der Waals surface area contributed by atoms with Crippen LogP contribution in [0.2, 0.25) is 0 Å². The third kappa shape index (κ3) is 4.38. The van der Waals surface area contributed by atoms with Crippen molar-refractivity contribution in [2.75, 3.05) is 23.3 Å². The van der Waals surface area contributed by atoms with Crippen LogP contribution in [0.1, 0.15) is 21.5 Å². The molecule has 0 bridgehead atoms. The number of benzene rings is 3. The van der Waals surface area contributed by atoms with Gasteiger partial charge in [-0.3, -0.25) is 9.10 Å². The third-order valence-corrected chi connectivity index (χ3v) is 7.13. The number of para-hydroxylation sites is 1. The quantitative estimate of drug-likeness (QED) is 0.578. The minimum atomic E-state index is -4.50. The molecule has 1 amide bonds. The number of sulfonamides is 1. The van der Waals surface area contributed by atoms with Crippen molar-refractivity contribution in [2.45, 2.75) is 17.5 Å². The normalized spacial score (nSPS) is 13.5. The van der Waals surface area contributed by atoms with E-state index in [1.807, 2.05) is 12.1 Å². The molecule has 6 nitrogen and oxygen atoms in total. The van der Waals surface area contributed by atoms with Crippen molar-refractivity contribution in [3.05, 3.63) is 83.4 Å². The summed E-state index contributed by atoms with van der Waals surface area (Å²) in [6.45, 7) is 0.279. The van der Waals surface area contributed by atoms with Gasteiger partial charge in [0.1, 0.15) is 5.75 Å². The summed E-state index contributed by atoms with van der Waals surface area (Å²) >= 11 is 0. The Morgan fingerprint density at radius 2 is 1.73 bits per heavy atom. The molecule has 172 valence electrons. The molecule has 0 spiro atoms. The second-order valence-electron chi connectivity index (χ2n) is 7.35. The number of methoxy groups -OCH3 is 1. The first kappa shape index (κ1) is 22.7. The van der Waals surface area contributed by atoms with Crippen molar-refractivity contribution >= 4 is 27.3 Å². The summed E-state index contributed by atoms with van der Waals surface area (Å²) in [4.78, 5) is 12.8. The summed E-state index contributed by atoms with van der Waals surface area (Å²) in [7, 11) is -2.63. The van der Waals surface area contributed by atoms with E-state index in [1.165, 1.54) is 29.6 Å². The Bertz CT molecular complexity index is 1310. The first-order chi connectivity index (χ1) is 15.6. The van der Waals surface area contributed by atoms with E-state index < -0.39 is 27.7 Å². The summed E-state index contributed by atoms with van der Waals surface area (Å²) in [6.07, 6.45) is -3.92. The Balaban J connectivity index is 1.64. The summed E-state index contributed by atoms with van der Waals surface area (Å²) < 4.78 is 71.4. The molecule has 3 aromatic carbocycles. The van der Waals surface area contributed by atoms with Gasteiger partial charge >= 0.3 is 6.18 Å². The molecule has 4 rings (SSSR count). The molecule has 1 N–H and O–H groups in total. The van der Waals surface area contributed by atoms with Gasteiger partial charge in [0, 0.05) is 12.2 Å². The number of fused-ring (bicyclic) bond motifs is 1. The Morgan fingerprint density at radius 1 is 1.03 bits per heavy atom. The van der Waals surface area contributed by atoms with Crippen LogP contribution in [0, 0.1) is 0 Å². The van der Waals surface area contributed by atoms with E-state index in [4.69, 9.17) is 4.74 Å². The molecular formula is C23H19F3N2O4S. The van der Waals surface area contributed by atoms with Crippen LogP contribution in [0.4, 0.5) is 24.5 Å². The predicted octanol–water partition coefficient (Wildman–Crippen LogP) is 4.72. The minimum absolute atomic E-state index is 0.0639. The van der Waals surface area contributed by atoms with E-state index in [9.17, 15) is 26.4 Å². The molecule has 0 radical (unpaired) electrons. The number of carbonyl (C=O) groups is 1. The Morgan fingerprint density at radius 3 is 2.39 bits per heavy atom. The molecule has 0 saturated carbocycles. The number of carbonyl (C=O) groups excluding carboxylic acids is 1. The smallest absolute Gasteiger partial charge is 0.416 e. The van der Waals surface area contributed by atoms with Gasteiger partial charge in [-0.1, -0.05) is 18.2 Å². The second-order valence-corrected chi connectivity index (χ2v) is 9.21. The molecule has 0 atom stereocenters. The fourth-order valence-corrected chi connectivity index (χ4v) is 5.18. The standard InChI is InChI=1S/C23H19F3N2O4S/c1-32-21-11-10-18(33(30,31)28-13-12-15-4-2-3-5-20(15)28)14-19(21)22(29)27-17-8-6-16(7-9-17)23(24,25)26/h2-11,14H,12-13H2,1H3,(H,27,29). The molecule has 1 heterocycles. The van der Waals surface area contributed by atoms with Crippen LogP contribution in [0.15, 0.2) is 71.6 Å². The summed E-state index contributed by atoms with van der Waals surface area (Å²) in [5.41, 5.74) is 0.707. The van der Waals surface area contributed by atoms with E-state index >= 15 is 0 Å². The molecule has 0 saturated heterocycles. The monoisotopic (exact) mass is 476 g/mol. The van der Waals surface area contributed by atoms with Gasteiger partial charge in [0.2, 0.25) is 0 Å². The van der Waals surface area contributed by atoms with Crippen molar-refractivity contribution in [3.8, 4) is 5.75 Å². The van der Waals surface area contributed by atoms with Gasteiger partial charge in [-0.2, -0.15) is 13.2 Å². The van der Waals surface area contributed by atoms with Crippen molar-refractivity contribution in [1.29, 1.82) is 0 Å². The maximum atomic E-state index is 13.3. The number of hydrogen-bond acceptors (Lipinski definition) is 4. The first-order valence-corrected chi connectivity index (χ1v) is 11.3. The van der Waals surface area contributed by atoms with Crippen molar-refractivity contribution < 1.29 is 31.1 Å². The highest BCUT2D eigenvalue weighted by atomic mass is 32.2. The highest BCUT2D eigenvalue weighted by Crippen LogP contribution is 2.34. The molecule has 0 aliphatic carbocycles. The highest BCUT2D eigenvalue weighted by Gasteiger charge is 2.32. The SMILES string of the molecule is COc1ccc(S(=O)(=O)N2CCc3ccccc32)cc1C(=O)Nc1ccc(C(F)(F)F)cc1. The lowest BCUT2D eigenvalue weighted by Crippen LogP contribution is -2.29. The lowest BCUT2D eigenvalue weighted by Gasteiger charge is -2.20. The van der Waals surface area contributed by atoms with E-state index in [1.54, 1.807) is 12.1 Å². The van der Waals surface area contributed by atoms with Crippen molar-refractivity contribution in [1.82, 2.24) is 0 Å². The largest absolute Gasteiger partial charge is 0.496 e. The number of halogens is 3. The van der Waals surface area contributed by atoms with Crippen LogP contribution in [-0.2, 0) is 22.6 Å². The average Bonchev–Trinajstić information content (AvgIpc) is 3.23. The third-order valence-electron chi connectivity index (χ3n) is 5.32. The summed E-state index contributed by atoms with van der Waals surface area (Å²) in [5, 5.41) is 2.48. The van der Waals surface area contributed by atoms with Crippen LogP contribution in [-0.4, -0.2) is 28.0 Å². The Labute approximate surface area is 188 Å². The van der Waals surface area contributed by atoms with E-state index in [0.717, 1.165) is 29.8 Å². The van der Waals surface area contributed by atoms with Gasteiger partial charge in [-0.25, -0.2) is 8.42 Å². The molecule has 0 fully saturated rings. The van der Waals surface area contributed by atoms with E-state index in [-0.39, 0.29) is 28.4 Å². The van der Waals surface area contributed by atoms with Crippen LogP contribution in [0.5, 0.6) is 5.75 Å². The van der Waals surface area contributed by atoms with E-state index in [2.05, 4.69) is 5.32 Å². The Kier molecular flexibility index (Phi) is 5.79. The lowest BCUT2D eigenvalue weighted by molar-refractivity contribution is -0.137. The summed E-state index contributed by atoms with van der Waals surface area (Å²) in [5.74, 6) is -0.592.